The Bertz CT molecular complexity index is 736. The number of sulfonamides is 1. The van der Waals surface area contributed by atoms with E-state index in [1.807, 2.05) is 0 Å². The zero-order valence-corrected chi connectivity index (χ0v) is 10.4. The maximum atomic E-state index is 12.6. The molecule has 0 fully saturated rings. The number of halogens is 1. The summed E-state index contributed by atoms with van der Waals surface area (Å²) in [6.45, 7) is 0. The van der Waals surface area contributed by atoms with Gasteiger partial charge in [-0.2, -0.15) is 9.65 Å². The van der Waals surface area contributed by atoms with Crippen LogP contribution in [0.2, 0.25) is 0 Å². The van der Waals surface area contributed by atoms with Crippen LogP contribution in [0.5, 0.6) is 0 Å². The van der Waals surface area contributed by atoms with Crippen molar-refractivity contribution in [2.75, 3.05) is 4.72 Å². The normalized spacial score (nSPS) is 10.7. The summed E-state index contributed by atoms with van der Waals surface area (Å²) in [6.07, 6.45) is 1.06. The minimum atomic E-state index is -3.90. The first-order valence-corrected chi connectivity index (χ1v) is 6.65. The van der Waals surface area contributed by atoms with Crippen LogP contribution in [0.4, 0.5) is 10.1 Å². The van der Waals surface area contributed by atoms with Crippen LogP contribution in [0.25, 0.3) is 0 Å². The zero-order chi connectivity index (χ0) is 13.9. The monoisotopic (exact) mass is 277 g/mol. The highest BCUT2D eigenvalue weighted by atomic mass is 32.2. The minimum Gasteiger partial charge on any atom is -0.278 e. The second-order valence-electron chi connectivity index (χ2n) is 3.58. The standard InChI is InChI=1S/C12H8FN3O2S/c13-12-6-5-10(8-15-12)16-19(17,18)11-4-2-1-3-9(11)7-14/h1-6,8,16H. The van der Waals surface area contributed by atoms with Gasteiger partial charge in [0.2, 0.25) is 5.95 Å². The van der Waals surface area contributed by atoms with Crippen LogP contribution in [-0.4, -0.2) is 13.4 Å². The van der Waals surface area contributed by atoms with E-state index in [4.69, 9.17) is 5.26 Å². The SMILES string of the molecule is N#Cc1ccccc1S(=O)(=O)Nc1ccc(F)nc1. The Labute approximate surface area is 109 Å². The van der Waals surface area contributed by atoms with Crippen molar-refractivity contribution in [1.82, 2.24) is 4.98 Å². The molecule has 0 unspecified atom stereocenters. The Balaban J connectivity index is 2.38. The molecule has 0 radical (unpaired) electrons. The van der Waals surface area contributed by atoms with Crippen LogP contribution in [0, 0.1) is 17.3 Å². The Morgan fingerprint density at radius 2 is 1.95 bits per heavy atom. The largest absolute Gasteiger partial charge is 0.278 e. The van der Waals surface area contributed by atoms with E-state index in [9.17, 15) is 12.8 Å². The number of anilines is 1. The molecular formula is C12H8FN3O2S. The number of benzene rings is 1. The number of nitrogens with zero attached hydrogens (tertiary/aromatic N) is 2. The van der Waals surface area contributed by atoms with E-state index < -0.39 is 16.0 Å². The molecule has 0 atom stereocenters. The van der Waals surface area contributed by atoms with Crippen LogP contribution < -0.4 is 4.72 Å². The number of hydrogen-bond acceptors (Lipinski definition) is 4. The molecule has 0 bridgehead atoms. The molecule has 96 valence electrons. The van der Waals surface area contributed by atoms with E-state index in [0.717, 1.165) is 12.3 Å². The van der Waals surface area contributed by atoms with Crippen molar-refractivity contribution in [3.05, 3.63) is 54.1 Å². The number of hydrogen-bond donors (Lipinski definition) is 1. The summed E-state index contributed by atoms with van der Waals surface area (Å²) < 4.78 is 39.0. The number of pyridine rings is 1. The summed E-state index contributed by atoms with van der Waals surface area (Å²) in [4.78, 5) is 3.20. The van der Waals surface area contributed by atoms with E-state index >= 15 is 0 Å². The number of aromatic nitrogens is 1. The zero-order valence-electron chi connectivity index (χ0n) is 9.54. The van der Waals surface area contributed by atoms with Gasteiger partial charge in [0.1, 0.15) is 11.0 Å². The summed E-state index contributed by atoms with van der Waals surface area (Å²) in [6, 6.07) is 9.88. The molecular weight excluding hydrogens is 269 g/mol. The van der Waals surface area contributed by atoms with Crippen LogP contribution in [-0.2, 0) is 10.0 Å². The van der Waals surface area contributed by atoms with Crippen molar-refractivity contribution in [1.29, 1.82) is 5.26 Å². The first-order valence-electron chi connectivity index (χ1n) is 5.16. The number of rotatable bonds is 3. The van der Waals surface area contributed by atoms with Gasteiger partial charge < -0.3 is 0 Å². The molecule has 0 aliphatic heterocycles. The second kappa shape index (κ2) is 5.04. The van der Waals surface area contributed by atoms with Gasteiger partial charge in [-0.15, -0.1) is 0 Å². The fourth-order valence-electron chi connectivity index (χ4n) is 1.44. The smallest absolute Gasteiger partial charge is 0.263 e. The van der Waals surface area contributed by atoms with E-state index in [0.29, 0.717) is 0 Å². The molecule has 0 saturated carbocycles. The predicted molar refractivity (Wildman–Crippen MR) is 66.2 cm³/mol. The van der Waals surface area contributed by atoms with E-state index in [1.54, 1.807) is 12.1 Å². The fourth-order valence-corrected chi connectivity index (χ4v) is 2.64. The average Bonchev–Trinajstić information content (AvgIpc) is 2.41. The molecule has 2 aromatic rings. The molecule has 1 aromatic carbocycles. The van der Waals surface area contributed by atoms with Crippen LogP contribution in [0.3, 0.4) is 0 Å². The topological polar surface area (TPSA) is 82.8 Å². The van der Waals surface area contributed by atoms with Gasteiger partial charge in [-0.05, 0) is 24.3 Å². The van der Waals surface area contributed by atoms with Gasteiger partial charge in [-0.3, -0.25) is 4.72 Å². The first-order chi connectivity index (χ1) is 9.03. The fraction of sp³-hybridized carbons (Fsp3) is 0. The molecule has 0 aliphatic rings. The van der Waals surface area contributed by atoms with Gasteiger partial charge in [0, 0.05) is 0 Å². The molecule has 1 aromatic heterocycles. The van der Waals surface area contributed by atoms with E-state index in [2.05, 4.69) is 9.71 Å². The lowest BCUT2D eigenvalue weighted by molar-refractivity contribution is 0.583. The van der Waals surface area contributed by atoms with Crippen molar-refractivity contribution in [2.24, 2.45) is 0 Å². The van der Waals surface area contributed by atoms with Gasteiger partial charge in [0.05, 0.1) is 17.4 Å². The Hall–Kier alpha value is -2.46. The van der Waals surface area contributed by atoms with Crippen LogP contribution in [0.1, 0.15) is 5.56 Å². The van der Waals surface area contributed by atoms with Crippen molar-refractivity contribution in [3.8, 4) is 6.07 Å². The van der Waals surface area contributed by atoms with Crippen LogP contribution in [0.15, 0.2) is 47.5 Å². The molecule has 19 heavy (non-hydrogen) atoms. The van der Waals surface area contributed by atoms with Gasteiger partial charge >= 0.3 is 0 Å². The molecule has 5 nitrogen and oxygen atoms in total. The summed E-state index contributed by atoms with van der Waals surface area (Å²) in [5.74, 6) is -0.708. The van der Waals surface area contributed by atoms with Crippen molar-refractivity contribution < 1.29 is 12.8 Å². The van der Waals surface area contributed by atoms with Crippen molar-refractivity contribution in [3.63, 3.8) is 0 Å². The third kappa shape index (κ3) is 2.86. The Morgan fingerprint density at radius 3 is 2.58 bits per heavy atom. The first kappa shape index (κ1) is 13.0. The predicted octanol–water partition coefficient (Wildman–Crippen LogP) is 1.89. The summed E-state index contributed by atoms with van der Waals surface area (Å²) in [5, 5.41) is 8.88. The molecule has 2 rings (SSSR count). The maximum Gasteiger partial charge on any atom is 0.263 e. The minimum absolute atomic E-state index is 0.0325. The highest BCUT2D eigenvalue weighted by molar-refractivity contribution is 7.92. The molecule has 7 heteroatoms. The summed E-state index contributed by atoms with van der Waals surface area (Å²) in [5.41, 5.74) is 0.152. The van der Waals surface area contributed by atoms with E-state index in [1.165, 1.54) is 24.3 Å². The van der Waals surface area contributed by atoms with Gasteiger partial charge in [-0.1, -0.05) is 12.1 Å². The van der Waals surface area contributed by atoms with Gasteiger partial charge in [0.25, 0.3) is 10.0 Å². The second-order valence-corrected chi connectivity index (χ2v) is 5.23. The summed E-state index contributed by atoms with van der Waals surface area (Å²) >= 11 is 0. The quantitative estimate of drug-likeness (QED) is 0.868. The lowest BCUT2D eigenvalue weighted by Gasteiger charge is -2.08. The average molecular weight is 277 g/mol. The maximum absolute atomic E-state index is 12.6. The highest BCUT2D eigenvalue weighted by Gasteiger charge is 2.18. The highest BCUT2D eigenvalue weighted by Crippen LogP contribution is 2.18. The molecule has 0 amide bonds. The lowest BCUT2D eigenvalue weighted by atomic mass is 10.2. The summed E-state index contributed by atoms with van der Waals surface area (Å²) in [7, 11) is -3.90. The number of nitrogens with one attached hydrogen (secondary N) is 1. The molecule has 0 saturated heterocycles. The Morgan fingerprint density at radius 1 is 1.21 bits per heavy atom. The van der Waals surface area contributed by atoms with Gasteiger partial charge in [-0.25, -0.2) is 13.4 Å². The lowest BCUT2D eigenvalue weighted by Crippen LogP contribution is -2.14. The molecule has 0 spiro atoms. The van der Waals surface area contributed by atoms with Crippen molar-refractivity contribution in [2.45, 2.75) is 4.90 Å². The van der Waals surface area contributed by atoms with Gasteiger partial charge in [0.15, 0.2) is 0 Å². The molecule has 0 aliphatic carbocycles. The third-order valence-electron chi connectivity index (χ3n) is 2.28. The molecule has 1 heterocycles. The van der Waals surface area contributed by atoms with Crippen LogP contribution >= 0.6 is 0 Å². The van der Waals surface area contributed by atoms with Crippen molar-refractivity contribution >= 4 is 15.7 Å². The third-order valence-corrected chi connectivity index (χ3v) is 3.72. The number of nitriles is 1. The molecule has 1 N–H and O–H groups in total. The Kier molecular flexibility index (Phi) is 3.44. The van der Waals surface area contributed by atoms with E-state index in [-0.39, 0.29) is 16.1 Å².